The first-order valence-electron chi connectivity index (χ1n) is 14.2. The van der Waals surface area contributed by atoms with Crippen LogP contribution in [0, 0.1) is 17.8 Å². The number of carbonyl (C=O) groups is 4. The Morgan fingerprint density at radius 2 is 1.45 bits per heavy atom. The van der Waals surface area contributed by atoms with E-state index in [1.54, 1.807) is 21.6 Å². The predicted octanol–water partition coefficient (Wildman–Crippen LogP) is 3.49. The molecular formula is C29H40N4O4S. The van der Waals surface area contributed by atoms with Gasteiger partial charge in [-0.25, -0.2) is 0 Å². The zero-order valence-corrected chi connectivity index (χ0v) is 23.1. The Balaban J connectivity index is 1.37. The lowest BCUT2D eigenvalue weighted by molar-refractivity contribution is -0.135. The van der Waals surface area contributed by atoms with E-state index in [2.05, 4.69) is 10.6 Å². The van der Waals surface area contributed by atoms with Crippen LogP contribution in [0.1, 0.15) is 64.2 Å². The molecule has 3 aliphatic carbocycles. The summed E-state index contributed by atoms with van der Waals surface area (Å²) >= 11 is 1.60. The zero-order valence-electron chi connectivity index (χ0n) is 22.3. The highest BCUT2D eigenvalue weighted by Crippen LogP contribution is 2.40. The molecule has 1 heterocycles. The van der Waals surface area contributed by atoms with E-state index in [4.69, 9.17) is 0 Å². The van der Waals surface area contributed by atoms with E-state index < -0.39 is 18.0 Å². The Kier molecular flexibility index (Phi) is 8.61. The van der Waals surface area contributed by atoms with Gasteiger partial charge in [0.1, 0.15) is 6.04 Å². The van der Waals surface area contributed by atoms with Gasteiger partial charge >= 0.3 is 0 Å². The maximum atomic E-state index is 13.9. The number of amides is 4. The first-order valence-corrected chi connectivity index (χ1v) is 15.6. The van der Waals surface area contributed by atoms with Crippen molar-refractivity contribution in [2.75, 3.05) is 34.9 Å². The van der Waals surface area contributed by atoms with E-state index in [-0.39, 0.29) is 17.7 Å². The normalized spacial score (nSPS) is 21.3. The SMILES string of the molecule is CSCC[C@H](NC(=O)CC1CCCC1)C(=O)NC1C(=O)N(CC2CC2)c2ccccc2N(CC2CC2)C1=O. The Bertz CT molecular complexity index is 998. The molecule has 3 saturated carbocycles. The molecule has 0 saturated heterocycles. The Labute approximate surface area is 229 Å². The van der Waals surface area contributed by atoms with Crippen molar-refractivity contribution in [1.29, 1.82) is 0 Å². The van der Waals surface area contributed by atoms with E-state index in [1.165, 1.54) is 0 Å². The van der Waals surface area contributed by atoms with Crippen molar-refractivity contribution < 1.29 is 19.2 Å². The fraction of sp³-hybridized carbons (Fsp3) is 0.655. The number of carbonyl (C=O) groups excluding carboxylic acids is 4. The summed E-state index contributed by atoms with van der Waals surface area (Å²) in [7, 11) is 0. The van der Waals surface area contributed by atoms with E-state index in [0.29, 0.717) is 49.4 Å². The molecule has 3 fully saturated rings. The summed E-state index contributed by atoms with van der Waals surface area (Å²) in [5.41, 5.74) is 1.47. The molecular weight excluding hydrogens is 500 g/mol. The van der Waals surface area contributed by atoms with Gasteiger partial charge < -0.3 is 20.4 Å². The third kappa shape index (κ3) is 6.53. The van der Waals surface area contributed by atoms with Gasteiger partial charge in [0.05, 0.1) is 11.4 Å². The standard InChI is InChI=1S/C29H40N4O4S/c1-38-15-14-22(30-25(34)16-19-6-2-3-7-19)27(35)31-26-28(36)32(17-20-10-11-20)23-8-4-5-9-24(23)33(29(26)37)18-21-12-13-21/h4-5,8-9,19-22,26H,2-3,6-7,10-18H2,1H3,(H,30,34)(H,31,35)/t22-/m0/s1. The van der Waals surface area contributed by atoms with Gasteiger partial charge in [-0.05, 0) is 86.8 Å². The smallest absolute Gasteiger partial charge is 0.259 e. The number of nitrogens with one attached hydrogen (secondary N) is 2. The van der Waals surface area contributed by atoms with Crippen LogP contribution in [0.15, 0.2) is 24.3 Å². The number of benzene rings is 1. The summed E-state index contributed by atoms with van der Waals surface area (Å²) in [5, 5.41) is 5.73. The number of para-hydroxylation sites is 2. The Hall–Kier alpha value is -2.55. The molecule has 1 atom stereocenters. The molecule has 8 nitrogen and oxygen atoms in total. The van der Waals surface area contributed by atoms with Crippen molar-refractivity contribution in [3.63, 3.8) is 0 Å². The molecule has 1 aromatic rings. The van der Waals surface area contributed by atoms with Crippen LogP contribution < -0.4 is 20.4 Å². The maximum Gasteiger partial charge on any atom is 0.259 e. The van der Waals surface area contributed by atoms with E-state index in [0.717, 1.165) is 62.7 Å². The Morgan fingerprint density at radius 1 is 0.895 bits per heavy atom. The maximum absolute atomic E-state index is 13.9. The monoisotopic (exact) mass is 540 g/mol. The third-order valence-electron chi connectivity index (χ3n) is 8.26. The minimum atomic E-state index is -1.31. The number of fused-ring (bicyclic) bond motifs is 1. The van der Waals surface area contributed by atoms with Gasteiger partial charge in [0.15, 0.2) is 6.04 Å². The molecule has 0 spiro atoms. The van der Waals surface area contributed by atoms with Gasteiger partial charge in [-0.3, -0.25) is 19.2 Å². The van der Waals surface area contributed by atoms with Crippen molar-refractivity contribution in [2.45, 2.75) is 76.3 Å². The number of anilines is 2. The first kappa shape index (κ1) is 27.0. The number of hydrogen-bond acceptors (Lipinski definition) is 5. The highest BCUT2D eigenvalue weighted by Gasteiger charge is 2.44. The van der Waals surface area contributed by atoms with Crippen molar-refractivity contribution in [3.8, 4) is 0 Å². The molecule has 2 N–H and O–H groups in total. The second-order valence-electron chi connectivity index (χ2n) is 11.5. The number of thioether (sulfide) groups is 1. The summed E-state index contributed by atoms with van der Waals surface area (Å²) in [6.45, 7) is 1.08. The van der Waals surface area contributed by atoms with Gasteiger partial charge in [0.25, 0.3) is 11.8 Å². The lowest BCUT2D eigenvalue weighted by Gasteiger charge is -2.26. The van der Waals surface area contributed by atoms with Crippen LogP contribution in [-0.2, 0) is 19.2 Å². The summed E-state index contributed by atoms with van der Waals surface area (Å²) in [6, 6.07) is 5.49. The highest BCUT2D eigenvalue weighted by molar-refractivity contribution is 7.98. The molecule has 0 radical (unpaired) electrons. The fourth-order valence-electron chi connectivity index (χ4n) is 5.67. The second kappa shape index (κ2) is 12.1. The lowest BCUT2D eigenvalue weighted by Crippen LogP contribution is -2.59. The molecule has 0 bridgehead atoms. The Morgan fingerprint density at radius 3 is 1.95 bits per heavy atom. The van der Waals surface area contributed by atoms with Crippen molar-refractivity contribution >= 4 is 46.8 Å². The van der Waals surface area contributed by atoms with Crippen LogP contribution in [0.25, 0.3) is 0 Å². The molecule has 0 unspecified atom stereocenters. The summed E-state index contributed by atoms with van der Waals surface area (Å²) < 4.78 is 0. The van der Waals surface area contributed by atoms with E-state index in [1.807, 2.05) is 30.5 Å². The topological polar surface area (TPSA) is 98.8 Å². The molecule has 1 aromatic carbocycles. The molecule has 206 valence electrons. The quantitative estimate of drug-likeness (QED) is 0.396. The van der Waals surface area contributed by atoms with E-state index in [9.17, 15) is 19.2 Å². The van der Waals surface area contributed by atoms with Gasteiger partial charge in [-0.2, -0.15) is 11.8 Å². The van der Waals surface area contributed by atoms with Crippen LogP contribution in [0.4, 0.5) is 11.4 Å². The van der Waals surface area contributed by atoms with Gasteiger partial charge in [-0.1, -0.05) is 25.0 Å². The summed E-state index contributed by atoms with van der Waals surface area (Å²) in [4.78, 5) is 57.7. The zero-order chi connectivity index (χ0) is 26.6. The van der Waals surface area contributed by atoms with Crippen molar-refractivity contribution in [2.24, 2.45) is 17.8 Å². The van der Waals surface area contributed by atoms with Crippen molar-refractivity contribution in [3.05, 3.63) is 24.3 Å². The summed E-state index contributed by atoms with van der Waals surface area (Å²) in [6.07, 6.45) is 11.5. The molecule has 9 heteroatoms. The molecule has 4 aliphatic rings. The van der Waals surface area contributed by atoms with Crippen molar-refractivity contribution in [1.82, 2.24) is 10.6 Å². The number of hydrogen-bond donors (Lipinski definition) is 2. The average Bonchev–Trinajstić information content (AvgIpc) is 3.85. The minimum absolute atomic E-state index is 0.130. The third-order valence-corrected chi connectivity index (χ3v) is 8.91. The highest BCUT2D eigenvalue weighted by atomic mass is 32.2. The van der Waals surface area contributed by atoms with Gasteiger partial charge in [0, 0.05) is 19.5 Å². The van der Waals surface area contributed by atoms with Crippen LogP contribution in [-0.4, -0.2) is 60.8 Å². The van der Waals surface area contributed by atoms with Crippen LogP contribution in [0.3, 0.4) is 0 Å². The molecule has 38 heavy (non-hydrogen) atoms. The molecule has 1 aliphatic heterocycles. The predicted molar refractivity (Wildman–Crippen MR) is 150 cm³/mol. The van der Waals surface area contributed by atoms with Gasteiger partial charge in [-0.15, -0.1) is 0 Å². The second-order valence-corrected chi connectivity index (χ2v) is 12.5. The van der Waals surface area contributed by atoms with Gasteiger partial charge in [0.2, 0.25) is 11.8 Å². The van der Waals surface area contributed by atoms with Crippen LogP contribution >= 0.6 is 11.8 Å². The lowest BCUT2D eigenvalue weighted by atomic mass is 10.0. The molecule has 0 aromatic heterocycles. The minimum Gasteiger partial charge on any atom is -0.344 e. The first-order chi connectivity index (χ1) is 18.4. The number of rotatable bonds is 12. The number of nitrogens with zero attached hydrogens (tertiary/aromatic N) is 2. The fourth-order valence-corrected chi connectivity index (χ4v) is 6.14. The molecule has 5 rings (SSSR count). The largest absolute Gasteiger partial charge is 0.344 e. The average molecular weight is 541 g/mol. The van der Waals surface area contributed by atoms with E-state index >= 15 is 0 Å². The van der Waals surface area contributed by atoms with Crippen LogP contribution in [0.5, 0.6) is 0 Å². The van der Waals surface area contributed by atoms with Crippen LogP contribution in [0.2, 0.25) is 0 Å². The molecule has 4 amide bonds. The summed E-state index contributed by atoms with van der Waals surface area (Å²) in [5.74, 6) is 0.513.